The number of carbonyl (C=O) groups is 4. The molecule has 10 heteroatoms. The van der Waals surface area contributed by atoms with Crippen molar-refractivity contribution in [1.29, 1.82) is 0 Å². The highest BCUT2D eigenvalue weighted by Gasteiger charge is 2.63. The summed E-state index contributed by atoms with van der Waals surface area (Å²) in [7, 11) is 0. The molecule has 0 unspecified atom stereocenters. The van der Waals surface area contributed by atoms with E-state index >= 15 is 0 Å². The van der Waals surface area contributed by atoms with Crippen LogP contribution in [0.4, 0.5) is 0 Å². The fourth-order valence-electron chi connectivity index (χ4n) is 4.03. The molecule has 2 N–H and O–H groups in total. The molecule has 168 valence electrons. The molecule has 2 saturated heterocycles. The molecule has 0 aromatic heterocycles. The van der Waals surface area contributed by atoms with Crippen LogP contribution in [0.2, 0.25) is 0 Å². The van der Waals surface area contributed by atoms with Crippen molar-refractivity contribution in [1.82, 2.24) is 0 Å². The van der Waals surface area contributed by atoms with E-state index in [1.54, 1.807) is 0 Å². The van der Waals surface area contributed by atoms with Gasteiger partial charge in [0.1, 0.15) is 11.9 Å². The molecule has 2 bridgehead atoms. The zero-order valence-corrected chi connectivity index (χ0v) is 17.4. The van der Waals surface area contributed by atoms with Crippen molar-refractivity contribution < 1.29 is 48.3 Å². The summed E-state index contributed by atoms with van der Waals surface area (Å²) in [6, 6.07) is 0. The Morgan fingerprint density at radius 2 is 1.94 bits per heavy atom. The van der Waals surface area contributed by atoms with E-state index in [-0.39, 0.29) is 23.3 Å². The molecule has 2 fully saturated rings. The Kier molecular flexibility index (Phi) is 5.57. The molecule has 0 aromatic carbocycles. The van der Waals surface area contributed by atoms with E-state index in [0.29, 0.717) is 0 Å². The van der Waals surface area contributed by atoms with Crippen molar-refractivity contribution in [3.63, 3.8) is 0 Å². The number of esters is 3. The molecule has 31 heavy (non-hydrogen) atoms. The molecular weight excluding hydrogens is 412 g/mol. The van der Waals surface area contributed by atoms with Crippen LogP contribution in [-0.2, 0) is 38.1 Å². The van der Waals surface area contributed by atoms with Crippen LogP contribution in [0.15, 0.2) is 36.1 Å². The molecule has 0 amide bonds. The van der Waals surface area contributed by atoms with E-state index in [0.717, 1.165) is 13.0 Å². The van der Waals surface area contributed by atoms with Gasteiger partial charge in [0.15, 0.2) is 23.4 Å². The summed E-state index contributed by atoms with van der Waals surface area (Å²) in [6.07, 6.45) is -3.50. The second-order valence-electron chi connectivity index (χ2n) is 8.17. The third-order valence-electron chi connectivity index (χ3n) is 5.71. The van der Waals surface area contributed by atoms with Gasteiger partial charge in [-0.2, -0.15) is 0 Å². The van der Waals surface area contributed by atoms with Gasteiger partial charge in [-0.15, -0.1) is 0 Å². The van der Waals surface area contributed by atoms with Crippen molar-refractivity contribution in [3.8, 4) is 0 Å². The molecule has 6 atom stereocenters. The summed E-state index contributed by atoms with van der Waals surface area (Å²) in [5, 5.41) is 21.3. The Labute approximate surface area is 178 Å². The molecule has 0 saturated carbocycles. The number of ketones is 1. The third-order valence-corrected chi connectivity index (χ3v) is 5.71. The molecule has 3 heterocycles. The van der Waals surface area contributed by atoms with Gasteiger partial charge in [0.05, 0.1) is 12.5 Å². The quantitative estimate of drug-likeness (QED) is 0.347. The van der Waals surface area contributed by atoms with Crippen molar-refractivity contribution in [2.75, 3.05) is 6.61 Å². The van der Waals surface area contributed by atoms with E-state index in [1.165, 1.54) is 13.8 Å². The Morgan fingerprint density at radius 3 is 2.48 bits per heavy atom. The normalized spacial score (nSPS) is 36.8. The van der Waals surface area contributed by atoms with Crippen LogP contribution in [0, 0.1) is 5.92 Å². The lowest BCUT2D eigenvalue weighted by Crippen LogP contribution is -2.57. The van der Waals surface area contributed by atoms with Gasteiger partial charge >= 0.3 is 17.9 Å². The topological polar surface area (TPSA) is 146 Å². The van der Waals surface area contributed by atoms with Crippen LogP contribution in [0.1, 0.15) is 27.2 Å². The standard InChI is InChI=1S/C21H24O10/c1-9(2)18(25)29-12-7-20(5)13(24)6-14(31-20)21(27,8-22)17(28-11(4)23)16-15(12)10(3)19(26)30-16/h6,12,15-17,22,27H,1,3,7-8H2,2,4-5H3/t12-,15-,16+,17+,20-,21+/m1/s1. The second kappa shape index (κ2) is 7.61. The largest absolute Gasteiger partial charge is 0.480 e. The van der Waals surface area contributed by atoms with Crippen molar-refractivity contribution >= 4 is 23.7 Å². The number of aliphatic hydroxyl groups is 2. The number of ether oxygens (including phenoxy) is 4. The van der Waals surface area contributed by atoms with Crippen molar-refractivity contribution in [2.45, 2.75) is 56.7 Å². The predicted molar refractivity (Wildman–Crippen MR) is 102 cm³/mol. The van der Waals surface area contributed by atoms with Gasteiger partial charge in [-0.25, -0.2) is 9.59 Å². The first-order valence-electron chi connectivity index (χ1n) is 9.56. The highest BCUT2D eigenvalue weighted by Crippen LogP contribution is 2.47. The van der Waals surface area contributed by atoms with E-state index in [1.807, 2.05) is 0 Å². The summed E-state index contributed by atoms with van der Waals surface area (Å²) in [5.74, 6) is -4.53. The number of rotatable bonds is 4. The number of hydrogen-bond acceptors (Lipinski definition) is 10. The number of hydrogen-bond donors (Lipinski definition) is 2. The Bertz CT molecular complexity index is 917. The van der Waals surface area contributed by atoms with Crippen LogP contribution in [0.25, 0.3) is 0 Å². The first-order chi connectivity index (χ1) is 14.3. The summed E-state index contributed by atoms with van der Waals surface area (Å²) in [5.41, 5.74) is -4.05. The zero-order valence-electron chi connectivity index (χ0n) is 17.4. The first-order valence-corrected chi connectivity index (χ1v) is 9.56. The van der Waals surface area contributed by atoms with E-state index < -0.39 is 65.7 Å². The van der Waals surface area contributed by atoms with Crippen LogP contribution in [0.3, 0.4) is 0 Å². The molecule has 3 aliphatic rings. The Balaban J connectivity index is 2.21. The highest BCUT2D eigenvalue weighted by molar-refractivity contribution is 6.00. The third kappa shape index (κ3) is 3.66. The monoisotopic (exact) mass is 436 g/mol. The number of fused-ring (bicyclic) bond motifs is 3. The fraction of sp³-hybridized carbons (Fsp3) is 0.524. The van der Waals surface area contributed by atoms with Gasteiger partial charge in [0, 0.05) is 30.6 Å². The summed E-state index contributed by atoms with van der Waals surface area (Å²) in [6.45, 7) is 10.1. The van der Waals surface area contributed by atoms with Crippen LogP contribution in [0.5, 0.6) is 0 Å². The van der Waals surface area contributed by atoms with Gasteiger partial charge in [0.2, 0.25) is 5.78 Å². The average molecular weight is 436 g/mol. The van der Waals surface area contributed by atoms with E-state index in [2.05, 4.69) is 13.2 Å². The summed E-state index contributed by atoms with van der Waals surface area (Å²) >= 11 is 0. The van der Waals surface area contributed by atoms with Gasteiger partial charge in [-0.1, -0.05) is 13.2 Å². The molecule has 3 aliphatic heterocycles. The summed E-state index contributed by atoms with van der Waals surface area (Å²) in [4.78, 5) is 49.3. The Morgan fingerprint density at radius 1 is 1.29 bits per heavy atom. The molecule has 3 rings (SSSR count). The van der Waals surface area contributed by atoms with Gasteiger partial charge < -0.3 is 29.2 Å². The lowest BCUT2D eigenvalue weighted by atomic mass is 9.78. The van der Waals surface area contributed by atoms with Crippen LogP contribution < -0.4 is 0 Å². The van der Waals surface area contributed by atoms with E-state index in [4.69, 9.17) is 18.9 Å². The Hall–Kier alpha value is -2.98. The summed E-state index contributed by atoms with van der Waals surface area (Å²) < 4.78 is 21.9. The van der Waals surface area contributed by atoms with Crippen LogP contribution >= 0.6 is 0 Å². The minimum Gasteiger partial charge on any atom is -0.480 e. The fourth-order valence-corrected chi connectivity index (χ4v) is 4.03. The van der Waals surface area contributed by atoms with Gasteiger partial charge in [0.25, 0.3) is 0 Å². The second-order valence-corrected chi connectivity index (χ2v) is 8.17. The number of carbonyl (C=O) groups excluding carboxylic acids is 4. The van der Waals surface area contributed by atoms with Crippen molar-refractivity contribution in [3.05, 3.63) is 36.1 Å². The molecule has 0 aliphatic carbocycles. The zero-order chi connectivity index (χ0) is 23.3. The van der Waals surface area contributed by atoms with Crippen molar-refractivity contribution in [2.24, 2.45) is 5.92 Å². The van der Waals surface area contributed by atoms with Gasteiger partial charge in [-0.3, -0.25) is 9.59 Å². The molecule has 0 spiro atoms. The lowest BCUT2D eigenvalue weighted by Gasteiger charge is -2.38. The maximum absolute atomic E-state index is 12.8. The lowest BCUT2D eigenvalue weighted by molar-refractivity contribution is -0.194. The molecule has 0 aromatic rings. The van der Waals surface area contributed by atoms with E-state index in [9.17, 15) is 29.4 Å². The predicted octanol–water partition coefficient (Wildman–Crippen LogP) is -0.127. The maximum atomic E-state index is 12.8. The molecule has 10 nitrogen and oxygen atoms in total. The number of aliphatic hydroxyl groups excluding tert-OH is 1. The van der Waals surface area contributed by atoms with Crippen LogP contribution in [-0.4, -0.2) is 70.0 Å². The minimum absolute atomic E-state index is 0.0679. The highest BCUT2D eigenvalue weighted by atomic mass is 16.6. The van der Waals surface area contributed by atoms with Gasteiger partial charge in [-0.05, 0) is 13.8 Å². The minimum atomic E-state index is -2.42. The molecular formula is C21H24O10. The smallest absolute Gasteiger partial charge is 0.334 e. The maximum Gasteiger partial charge on any atom is 0.334 e. The first kappa shape index (κ1) is 22.7. The average Bonchev–Trinajstić information content (AvgIpc) is 3.14. The molecule has 0 radical (unpaired) electrons. The SMILES string of the molecule is C=C(C)C(=O)O[C@@H]1C[C@@]2(C)OC(=CC2=O)[C@@](O)(CO)[C@@H](OC(C)=O)[C@H]2OC(=O)C(=C)[C@@H]21.